The number of aromatic nitrogens is 5. The van der Waals surface area contributed by atoms with Crippen molar-refractivity contribution >= 4 is 11.6 Å². The van der Waals surface area contributed by atoms with Crippen LogP contribution in [0.25, 0.3) is 5.65 Å². The second-order valence-corrected chi connectivity index (χ2v) is 8.49. The fraction of sp³-hybridized carbons (Fsp3) is 0.524. The van der Waals surface area contributed by atoms with Gasteiger partial charge in [-0.05, 0) is 44.2 Å². The molecule has 7 heteroatoms. The predicted octanol–water partition coefficient (Wildman–Crippen LogP) is 3.35. The molecule has 28 heavy (non-hydrogen) atoms. The highest BCUT2D eigenvalue weighted by molar-refractivity contribution is 5.93. The molecule has 1 aliphatic heterocycles. The molecule has 0 radical (unpaired) electrons. The maximum atomic E-state index is 13.4. The number of carbonyl (C=O) groups is 1. The minimum Gasteiger partial charge on any atom is -0.325 e. The summed E-state index contributed by atoms with van der Waals surface area (Å²) in [4.78, 5) is 24.8. The molecule has 1 fully saturated rings. The molecule has 3 aromatic rings. The van der Waals surface area contributed by atoms with E-state index in [1.165, 1.54) is 12.8 Å². The van der Waals surface area contributed by atoms with Crippen LogP contribution in [0.4, 0.5) is 0 Å². The first kappa shape index (κ1) is 17.4. The van der Waals surface area contributed by atoms with Gasteiger partial charge in [-0.15, -0.1) is 0 Å². The molecule has 1 amide bonds. The first-order valence-corrected chi connectivity index (χ1v) is 10.2. The van der Waals surface area contributed by atoms with Crippen molar-refractivity contribution in [3.05, 3.63) is 47.4 Å². The van der Waals surface area contributed by atoms with Crippen molar-refractivity contribution in [1.82, 2.24) is 29.0 Å². The number of pyridine rings is 1. The first-order chi connectivity index (χ1) is 13.5. The molecule has 0 saturated heterocycles. The molecule has 7 nitrogen and oxygen atoms in total. The van der Waals surface area contributed by atoms with Crippen LogP contribution in [0.15, 0.2) is 24.4 Å². The van der Waals surface area contributed by atoms with Crippen molar-refractivity contribution in [2.75, 3.05) is 6.54 Å². The summed E-state index contributed by atoms with van der Waals surface area (Å²) in [5.41, 5.74) is 2.37. The molecular formula is C21H26N6O. The van der Waals surface area contributed by atoms with E-state index >= 15 is 0 Å². The third-order valence-corrected chi connectivity index (χ3v) is 5.76. The van der Waals surface area contributed by atoms with Crippen LogP contribution < -0.4 is 0 Å². The van der Waals surface area contributed by atoms with Crippen LogP contribution in [-0.2, 0) is 6.54 Å². The van der Waals surface area contributed by atoms with Crippen LogP contribution in [0.2, 0.25) is 0 Å². The Balaban J connectivity index is 1.51. The van der Waals surface area contributed by atoms with E-state index in [4.69, 9.17) is 10.1 Å². The van der Waals surface area contributed by atoms with Crippen molar-refractivity contribution in [3.63, 3.8) is 0 Å². The number of hydrogen-bond acceptors (Lipinski definition) is 4. The van der Waals surface area contributed by atoms with Gasteiger partial charge in [0.25, 0.3) is 5.91 Å². The number of amides is 1. The zero-order valence-electron chi connectivity index (χ0n) is 16.7. The molecule has 0 N–H and O–H groups in total. The van der Waals surface area contributed by atoms with Crippen LogP contribution in [0.3, 0.4) is 0 Å². The number of carbonyl (C=O) groups excluding carboxylic acids is 1. The van der Waals surface area contributed by atoms with E-state index in [1.54, 1.807) is 0 Å². The molecule has 1 atom stereocenters. The first-order valence-electron chi connectivity index (χ1n) is 10.2. The van der Waals surface area contributed by atoms with Gasteiger partial charge in [0, 0.05) is 24.4 Å². The van der Waals surface area contributed by atoms with Crippen molar-refractivity contribution in [2.24, 2.45) is 5.92 Å². The monoisotopic (exact) mass is 378 g/mol. The number of imidazole rings is 1. The fourth-order valence-corrected chi connectivity index (χ4v) is 4.12. The Hall–Kier alpha value is -2.70. The lowest BCUT2D eigenvalue weighted by molar-refractivity contribution is 0.0573. The summed E-state index contributed by atoms with van der Waals surface area (Å²) >= 11 is 0. The summed E-state index contributed by atoms with van der Waals surface area (Å²) in [5, 5.41) is 4.73. The third-order valence-electron chi connectivity index (χ3n) is 5.76. The summed E-state index contributed by atoms with van der Waals surface area (Å²) in [6, 6.07) is 5.88. The molecule has 0 aromatic carbocycles. The predicted molar refractivity (Wildman–Crippen MR) is 105 cm³/mol. The standard InChI is InChI=1S/C21H26N6O/c1-13(2)11-17-20-23-19(15-7-8-15)24-27(20)10-9-25(17)21(28)16-12-26-14(3)5-4-6-18(26)22-16/h4-6,12-13,15,17H,7-11H2,1-3H3/t17-/m0/s1. The average Bonchev–Trinajstić information content (AvgIpc) is 3.26. The smallest absolute Gasteiger partial charge is 0.274 e. The summed E-state index contributed by atoms with van der Waals surface area (Å²) in [6.45, 7) is 7.74. The average molecular weight is 378 g/mol. The van der Waals surface area contributed by atoms with Gasteiger partial charge in [-0.1, -0.05) is 19.9 Å². The Morgan fingerprint density at radius 2 is 2.04 bits per heavy atom. The van der Waals surface area contributed by atoms with Gasteiger partial charge in [-0.3, -0.25) is 4.79 Å². The van der Waals surface area contributed by atoms with Gasteiger partial charge >= 0.3 is 0 Å². The van der Waals surface area contributed by atoms with Gasteiger partial charge in [-0.2, -0.15) is 5.10 Å². The van der Waals surface area contributed by atoms with Crippen LogP contribution in [0.1, 0.15) is 72.9 Å². The minimum atomic E-state index is -0.0489. The minimum absolute atomic E-state index is 0.0176. The molecule has 4 heterocycles. The SMILES string of the molecule is Cc1cccc2nc(C(=O)N3CCn4nc(C5CC5)nc4[C@@H]3CC(C)C)cn12. The van der Waals surface area contributed by atoms with E-state index in [0.717, 1.165) is 29.4 Å². The molecule has 2 aliphatic rings. The Labute approximate surface area is 164 Å². The van der Waals surface area contributed by atoms with Gasteiger partial charge in [-0.25, -0.2) is 14.6 Å². The highest BCUT2D eigenvalue weighted by Gasteiger charge is 2.37. The molecule has 0 bridgehead atoms. The van der Waals surface area contributed by atoms with E-state index in [-0.39, 0.29) is 11.9 Å². The number of aryl methyl sites for hydroxylation is 1. The van der Waals surface area contributed by atoms with E-state index in [0.29, 0.717) is 30.6 Å². The number of rotatable bonds is 4. The van der Waals surface area contributed by atoms with E-state index in [9.17, 15) is 4.79 Å². The van der Waals surface area contributed by atoms with Gasteiger partial charge < -0.3 is 9.30 Å². The van der Waals surface area contributed by atoms with Crippen LogP contribution in [0, 0.1) is 12.8 Å². The molecule has 0 spiro atoms. The maximum Gasteiger partial charge on any atom is 0.274 e. The maximum absolute atomic E-state index is 13.4. The molecular weight excluding hydrogens is 352 g/mol. The van der Waals surface area contributed by atoms with Crippen LogP contribution in [-0.4, -0.2) is 41.5 Å². The zero-order valence-corrected chi connectivity index (χ0v) is 16.7. The van der Waals surface area contributed by atoms with Crippen molar-refractivity contribution < 1.29 is 4.79 Å². The van der Waals surface area contributed by atoms with E-state index in [2.05, 4.69) is 18.8 Å². The largest absolute Gasteiger partial charge is 0.325 e. The quantitative estimate of drug-likeness (QED) is 0.698. The molecule has 1 saturated carbocycles. The topological polar surface area (TPSA) is 68.3 Å². The molecule has 1 aliphatic carbocycles. The zero-order chi connectivity index (χ0) is 19.4. The van der Waals surface area contributed by atoms with Crippen molar-refractivity contribution in [2.45, 2.75) is 58.5 Å². The van der Waals surface area contributed by atoms with Crippen LogP contribution in [0.5, 0.6) is 0 Å². The van der Waals surface area contributed by atoms with Gasteiger partial charge in [0.15, 0.2) is 5.82 Å². The van der Waals surface area contributed by atoms with Gasteiger partial charge in [0.1, 0.15) is 17.2 Å². The lowest BCUT2D eigenvalue weighted by atomic mass is 10.00. The molecule has 5 rings (SSSR count). The second-order valence-electron chi connectivity index (χ2n) is 8.49. The lowest BCUT2D eigenvalue weighted by Crippen LogP contribution is -2.43. The van der Waals surface area contributed by atoms with Crippen molar-refractivity contribution in [3.8, 4) is 0 Å². The summed E-state index contributed by atoms with van der Waals surface area (Å²) in [7, 11) is 0. The van der Waals surface area contributed by atoms with Gasteiger partial charge in [0.05, 0.1) is 12.6 Å². The highest BCUT2D eigenvalue weighted by Crippen LogP contribution is 2.40. The Kier molecular flexibility index (Phi) is 4.00. The molecule has 3 aromatic heterocycles. The van der Waals surface area contributed by atoms with Crippen LogP contribution >= 0.6 is 0 Å². The normalized spacial score (nSPS) is 19.4. The summed E-state index contributed by atoms with van der Waals surface area (Å²) in [5.74, 6) is 2.85. The number of nitrogens with zero attached hydrogens (tertiary/aromatic N) is 6. The molecule has 146 valence electrons. The lowest BCUT2D eigenvalue weighted by Gasteiger charge is -2.35. The highest BCUT2D eigenvalue weighted by atomic mass is 16.2. The Morgan fingerprint density at radius 1 is 1.21 bits per heavy atom. The summed E-state index contributed by atoms with van der Waals surface area (Å²) < 4.78 is 4.00. The fourth-order valence-electron chi connectivity index (χ4n) is 4.12. The number of hydrogen-bond donors (Lipinski definition) is 0. The van der Waals surface area contributed by atoms with Gasteiger partial charge in [0.2, 0.25) is 0 Å². The second kappa shape index (κ2) is 6.43. The number of fused-ring (bicyclic) bond motifs is 2. The van der Waals surface area contributed by atoms with E-state index < -0.39 is 0 Å². The Morgan fingerprint density at radius 3 is 2.75 bits per heavy atom. The van der Waals surface area contributed by atoms with Crippen molar-refractivity contribution in [1.29, 1.82) is 0 Å². The van der Waals surface area contributed by atoms with E-state index in [1.807, 2.05) is 45.3 Å². The third kappa shape index (κ3) is 2.89. The summed E-state index contributed by atoms with van der Waals surface area (Å²) in [6.07, 6.45) is 5.10. The Bertz CT molecular complexity index is 1040. The molecule has 0 unspecified atom stereocenters.